The van der Waals surface area contributed by atoms with Crippen molar-refractivity contribution in [2.75, 3.05) is 19.5 Å². The van der Waals surface area contributed by atoms with Gasteiger partial charge in [-0.2, -0.15) is 0 Å². The van der Waals surface area contributed by atoms with Crippen molar-refractivity contribution >= 4 is 34.5 Å². The van der Waals surface area contributed by atoms with E-state index in [0.717, 1.165) is 16.8 Å². The monoisotopic (exact) mass is 414 g/mol. The number of hydrogen-bond acceptors (Lipinski definition) is 7. The lowest BCUT2D eigenvalue weighted by molar-refractivity contribution is -0.139. The molecule has 0 saturated heterocycles. The molecule has 0 atom stereocenters. The highest BCUT2D eigenvalue weighted by atomic mass is 32.2. The maximum Gasteiger partial charge on any atom is 0.316 e. The normalized spacial score (nSPS) is 10.9. The number of rotatable bonds is 9. The summed E-state index contributed by atoms with van der Waals surface area (Å²) in [5, 5.41) is 0.595. The standard InChI is InChI=1S/C21H22N2O5S/c1-13(2)28-15-6-4-14(5-7-15)19(24)11-27-20(25)12-29-21-22-17-9-8-16(26-3)10-18(17)23-21/h4-10,13H,11-12H2,1-3H3,(H,22,23). The zero-order chi connectivity index (χ0) is 20.8. The fourth-order valence-corrected chi connectivity index (χ4v) is 3.23. The number of nitrogens with one attached hydrogen (secondary N) is 1. The molecule has 0 aliphatic rings. The van der Waals surface area contributed by atoms with Crippen molar-refractivity contribution in [1.82, 2.24) is 9.97 Å². The molecule has 0 bridgehead atoms. The van der Waals surface area contributed by atoms with Crippen molar-refractivity contribution < 1.29 is 23.8 Å². The first-order chi connectivity index (χ1) is 13.9. The first kappa shape index (κ1) is 20.7. The molecular formula is C21H22N2O5S. The molecule has 0 saturated carbocycles. The Labute approximate surface area is 172 Å². The van der Waals surface area contributed by atoms with Crippen LogP contribution in [0.15, 0.2) is 47.6 Å². The molecule has 152 valence electrons. The SMILES string of the molecule is COc1ccc2nc(SCC(=O)OCC(=O)c3ccc(OC(C)C)cc3)[nH]c2c1. The molecule has 0 fully saturated rings. The summed E-state index contributed by atoms with van der Waals surface area (Å²) >= 11 is 1.21. The largest absolute Gasteiger partial charge is 0.497 e. The summed E-state index contributed by atoms with van der Waals surface area (Å²) in [7, 11) is 1.60. The quantitative estimate of drug-likeness (QED) is 0.323. The molecule has 0 unspecified atom stereocenters. The molecule has 1 N–H and O–H groups in total. The van der Waals surface area contributed by atoms with E-state index in [1.807, 2.05) is 32.0 Å². The first-order valence-electron chi connectivity index (χ1n) is 9.06. The van der Waals surface area contributed by atoms with E-state index in [9.17, 15) is 9.59 Å². The van der Waals surface area contributed by atoms with Crippen LogP contribution in [0, 0.1) is 0 Å². The van der Waals surface area contributed by atoms with E-state index in [1.54, 1.807) is 31.4 Å². The second-order valence-corrected chi connectivity index (χ2v) is 7.45. The third-order valence-electron chi connectivity index (χ3n) is 3.91. The van der Waals surface area contributed by atoms with Gasteiger partial charge >= 0.3 is 5.97 Å². The molecule has 7 nitrogen and oxygen atoms in total. The molecule has 0 aliphatic carbocycles. The van der Waals surface area contributed by atoms with Gasteiger partial charge in [0.2, 0.25) is 0 Å². The Morgan fingerprint density at radius 1 is 1.10 bits per heavy atom. The highest BCUT2D eigenvalue weighted by molar-refractivity contribution is 7.99. The summed E-state index contributed by atoms with van der Waals surface area (Å²) in [4.78, 5) is 31.7. The molecule has 29 heavy (non-hydrogen) atoms. The number of esters is 1. The van der Waals surface area contributed by atoms with Gasteiger partial charge < -0.3 is 19.2 Å². The molecule has 8 heteroatoms. The molecular weight excluding hydrogens is 392 g/mol. The van der Waals surface area contributed by atoms with Crippen molar-refractivity contribution in [2.45, 2.75) is 25.1 Å². The lowest BCUT2D eigenvalue weighted by Crippen LogP contribution is -2.15. The van der Waals surface area contributed by atoms with Crippen LogP contribution in [-0.4, -0.2) is 47.3 Å². The van der Waals surface area contributed by atoms with Gasteiger partial charge in [0.1, 0.15) is 11.5 Å². The van der Waals surface area contributed by atoms with Crippen LogP contribution in [0.4, 0.5) is 0 Å². The van der Waals surface area contributed by atoms with Crippen LogP contribution >= 0.6 is 11.8 Å². The van der Waals surface area contributed by atoms with Gasteiger partial charge in [0.15, 0.2) is 17.5 Å². The van der Waals surface area contributed by atoms with Crippen LogP contribution in [0.5, 0.6) is 11.5 Å². The van der Waals surface area contributed by atoms with Crippen molar-refractivity contribution in [3.05, 3.63) is 48.0 Å². The Morgan fingerprint density at radius 3 is 2.52 bits per heavy atom. The number of carbonyl (C=O) groups excluding carboxylic acids is 2. The summed E-state index contributed by atoms with van der Waals surface area (Å²) in [5.41, 5.74) is 2.06. The minimum absolute atomic E-state index is 0.0470. The molecule has 2 aromatic carbocycles. The molecule has 0 radical (unpaired) electrons. The number of ether oxygens (including phenoxy) is 3. The second kappa shape index (κ2) is 9.47. The average Bonchev–Trinajstić information content (AvgIpc) is 3.12. The number of thioether (sulfide) groups is 1. The number of fused-ring (bicyclic) bond motifs is 1. The number of hydrogen-bond donors (Lipinski definition) is 1. The number of aromatic amines is 1. The molecule has 1 aromatic heterocycles. The summed E-state index contributed by atoms with van der Waals surface area (Å²) in [6, 6.07) is 12.3. The molecule has 0 aliphatic heterocycles. The molecule has 3 rings (SSSR count). The fraction of sp³-hybridized carbons (Fsp3) is 0.286. The number of aromatic nitrogens is 2. The van der Waals surface area contributed by atoms with E-state index in [0.29, 0.717) is 16.5 Å². The van der Waals surface area contributed by atoms with Crippen molar-refractivity contribution in [3.8, 4) is 11.5 Å². The highest BCUT2D eigenvalue weighted by Crippen LogP contribution is 2.23. The number of benzene rings is 2. The fourth-order valence-electron chi connectivity index (χ4n) is 2.55. The maximum atomic E-state index is 12.2. The van der Waals surface area contributed by atoms with E-state index in [1.165, 1.54) is 11.8 Å². The van der Waals surface area contributed by atoms with E-state index >= 15 is 0 Å². The van der Waals surface area contributed by atoms with Gasteiger partial charge in [0.25, 0.3) is 0 Å². The van der Waals surface area contributed by atoms with Gasteiger partial charge in [0.05, 0.1) is 30.0 Å². The van der Waals surface area contributed by atoms with Crippen LogP contribution < -0.4 is 9.47 Å². The number of carbonyl (C=O) groups is 2. The summed E-state index contributed by atoms with van der Waals surface area (Å²) in [6.07, 6.45) is 0.0591. The lowest BCUT2D eigenvalue weighted by atomic mass is 10.1. The zero-order valence-electron chi connectivity index (χ0n) is 16.4. The number of nitrogens with zero attached hydrogens (tertiary/aromatic N) is 1. The van der Waals surface area contributed by atoms with E-state index in [2.05, 4.69) is 9.97 Å². The van der Waals surface area contributed by atoms with Gasteiger partial charge in [-0.3, -0.25) is 9.59 Å². The minimum Gasteiger partial charge on any atom is -0.497 e. The number of Topliss-reactive ketones (excluding diaryl/α,β-unsaturated/α-hetero) is 1. The van der Waals surface area contributed by atoms with Crippen LogP contribution in [-0.2, 0) is 9.53 Å². The van der Waals surface area contributed by atoms with E-state index < -0.39 is 5.97 Å². The topological polar surface area (TPSA) is 90.5 Å². The smallest absolute Gasteiger partial charge is 0.316 e. The first-order valence-corrected chi connectivity index (χ1v) is 10.1. The Morgan fingerprint density at radius 2 is 1.83 bits per heavy atom. The van der Waals surface area contributed by atoms with Gasteiger partial charge in [-0.25, -0.2) is 4.98 Å². The van der Waals surface area contributed by atoms with E-state index in [-0.39, 0.29) is 24.2 Å². The summed E-state index contributed by atoms with van der Waals surface area (Å²) in [5.74, 6) is 0.704. The summed E-state index contributed by atoms with van der Waals surface area (Å²) < 4.78 is 15.8. The predicted molar refractivity (Wildman–Crippen MR) is 111 cm³/mol. The van der Waals surface area contributed by atoms with E-state index in [4.69, 9.17) is 14.2 Å². The average molecular weight is 414 g/mol. The molecule has 0 amide bonds. The van der Waals surface area contributed by atoms with Gasteiger partial charge in [-0.15, -0.1) is 0 Å². The summed E-state index contributed by atoms with van der Waals surface area (Å²) in [6.45, 7) is 3.55. The third-order valence-corrected chi connectivity index (χ3v) is 4.75. The van der Waals surface area contributed by atoms with Crippen LogP contribution in [0.2, 0.25) is 0 Å². The van der Waals surface area contributed by atoms with Gasteiger partial charge in [-0.05, 0) is 50.2 Å². The maximum absolute atomic E-state index is 12.2. The van der Waals surface area contributed by atoms with Crippen LogP contribution in [0.3, 0.4) is 0 Å². The zero-order valence-corrected chi connectivity index (χ0v) is 17.2. The number of ketones is 1. The minimum atomic E-state index is -0.485. The number of methoxy groups -OCH3 is 1. The Balaban J connectivity index is 1.47. The molecule has 0 spiro atoms. The Kier molecular flexibility index (Phi) is 6.77. The number of H-pyrrole nitrogens is 1. The van der Waals surface area contributed by atoms with Crippen molar-refractivity contribution in [3.63, 3.8) is 0 Å². The third kappa shape index (κ3) is 5.74. The molecule has 1 heterocycles. The highest BCUT2D eigenvalue weighted by Gasteiger charge is 2.12. The second-order valence-electron chi connectivity index (χ2n) is 6.49. The van der Waals surface area contributed by atoms with Gasteiger partial charge in [-0.1, -0.05) is 11.8 Å². The van der Waals surface area contributed by atoms with Crippen molar-refractivity contribution in [2.24, 2.45) is 0 Å². The van der Waals surface area contributed by atoms with Gasteiger partial charge in [0, 0.05) is 11.6 Å². The van der Waals surface area contributed by atoms with Crippen LogP contribution in [0.1, 0.15) is 24.2 Å². The molecule has 3 aromatic rings. The lowest BCUT2D eigenvalue weighted by Gasteiger charge is -2.10. The Bertz CT molecular complexity index is 998. The number of imidazole rings is 1. The van der Waals surface area contributed by atoms with Crippen molar-refractivity contribution in [1.29, 1.82) is 0 Å². The Hall–Kier alpha value is -3.00. The predicted octanol–water partition coefficient (Wildman–Crippen LogP) is 3.88. The van der Waals surface area contributed by atoms with Crippen LogP contribution in [0.25, 0.3) is 11.0 Å².